The maximum atomic E-state index is 5.86. The largest absolute Gasteiger partial charge is 0.240 e. The molecule has 14 heavy (non-hydrogen) atoms. The molecule has 0 saturated carbocycles. The van der Waals surface area contributed by atoms with Gasteiger partial charge in [0.15, 0.2) is 5.82 Å². The van der Waals surface area contributed by atoms with Gasteiger partial charge in [-0.05, 0) is 19.9 Å². The first kappa shape index (κ1) is 9.74. The maximum absolute atomic E-state index is 5.86. The summed E-state index contributed by atoms with van der Waals surface area (Å²) in [4.78, 5) is 4.20. The van der Waals surface area contributed by atoms with Gasteiger partial charge in [-0.3, -0.25) is 0 Å². The van der Waals surface area contributed by atoms with Crippen LogP contribution in [-0.4, -0.2) is 15.0 Å². The Morgan fingerprint density at radius 1 is 1.64 bits per heavy atom. The Labute approximate surface area is 92.0 Å². The molecule has 0 amide bonds. The first-order chi connectivity index (χ1) is 6.59. The van der Waals surface area contributed by atoms with Crippen LogP contribution in [0.3, 0.4) is 0 Å². The second kappa shape index (κ2) is 3.41. The van der Waals surface area contributed by atoms with Gasteiger partial charge in [0, 0.05) is 10.6 Å². The van der Waals surface area contributed by atoms with Gasteiger partial charge in [-0.1, -0.05) is 23.2 Å². The Hall–Kier alpha value is -0.800. The molecule has 0 aliphatic carbocycles. The normalized spacial score (nSPS) is 21.0. The fourth-order valence-electron chi connectivity index (χ4n) is 1.43. The van der Waals surface area contributed by atoms with E-state index in [9.17, 15) is 0 Å². The highest BCUT2D eigenvalue weighted by Gasteiger charge is 2.29. The molecule has 1 unspecified atom stereocenters. The molecule has 3 rings (SSSR count). The summed E-state index contributed by atoms with van der Waals surface area (Å²) in [6.07, 6.45) is 3.42. The Bertz CT molecular complexity index is 406. The highest BCUT2D eigenvalue weighted by atomic mass is 35.5. The van der Waals surface area contributed by atoms with Crippen molar-refractivity contribution in [2.75, 3.05) is 0 Å². The summed E-state index contributed by atoms with van der Waals surface area (Å²) < 4.78 is 1.83. The molecule has 5 heteroatoms. The zero-order valence-corrected chi connectivity index (χ0v) is 9.34. The van der Waals surface area contributed by atoms with E-state index in [-0.39, 0.29) is 0 Å². The summed E-state index contributed by atoms with van der Waals surface area (Å²) in [7, 11) is 0. The van der Waals surface area contributed by atoms with Crippen molar-refractivity contribution in [2.45, 2.75) is 19.9 Å². The molecule has 0 N–H and O–H groups in total. The molecule has 0 fully saturated rings. The number of allylic oxidation sites excluding steroid dienone is 2. The molecule has 2 aliphatic rings. The van der Waals surface area contributed by atoms with Crippen LogP contribution in [-0.2, 0) is 0 Å². The minimum Gasteiger partial charge on any atom is -0.240 e. The predicted octanol–water partition coefficient (Wildman–Crippen LogP) is 3.22. The second-order valence-corrected chi connectivity index (χ2v) is 4.19. The molecular formula is C9H9Cl2N3. The molecule has 2 aliphatic heterocycles. The third-order valence-electron chi connectivity index (χ3n) is 2.14. The van der Waals surface area contributed by atoms with Crippen molar-refractivity contribution >= 4 is 34.2 Å². The van der Waals surface area contributed by atoms with Crippen LogP contribution >= 0.6 is 23.2 Å². The van der Waals surface area contributed by atoms with E-state index in [2.05, 4.69) is 17.0 Å². The number of aromatic nitrogens is 2. The molecule has 1 aromatic rings. The second-order valence-electron chi connectivity index (χ2n) is 3.21. The van der Waals surface area contributed by atoms with Crippen LogP contribution in [0.4, 0.5) is 5.82 Å². The quantitative estimate of drug-likeness (QED) is 0.717. The summed E-state index contributed by atoms with van der Waals surface area (Å²) in [6.45, 7) is 3.82. The smallest absolute Gasteiger partial charge is 0.158 e. The van der Waals surface area contributed by atoms with Gasteiger partial charge in [0.1, 0.15) is 5.17 Å². The zero-order valence-electron chi connectivity index (χ0n) is 7.83. The topological polar surface area (TPSA) is 30.2 Å². The summed E-state index contributed by atoms with van der Waals surface area (Å²) in [5.74, 6) is 0.830. The van der Waals surface area contributed by atoms with E-state index in [0.29, 0.717) is 16.2 Å². The van der Waals surface area contributed by atoms with E-state index in [1.807, 2.05) is 10.9 Å². The number of halogens is 2. The molecule has 0 radical (unpaired) electrons. The molecule has 1 aromatic heterocycles. The van der Waals surface area contributed by atoms with E-state index in [4.69, 9.17) is 23.2 Å². The first-order valence-corrected chi connectivity index (χ1v) is 5.00. The Morgan fingerprint density at radius 3 is 2.79 bits per heavy atom. The number of fused-ring (bicyclic) bond motifs is 1. The Morgan fingerprint density at radius 2 is 2.36 bits per heavy atom. The molecule has 0 spiro atoms. The lowest BCUT2D eigenvalue weighted by Gasteiger charge is -2.20. The van der Waals surface area contributed by atoms with Gasteiger partial charge in [-0.15, -0.1) is 0 Å². The SMILES string of the molecule is C/C(Cl)=C\C(Cl)=Nc1c2cnn1C2C. The number of nitrogens with zero attached hydrogens (tertiary/aromatic N) is 3. The summed E-state index contributed by atoms with van der Waals surface area (Å²) in [6, 6.07) is 0.347. The van der Waals surface area contributed by atoms with E-state index in [1.165, 1.54) is 0 Å². The maximum Gasteiger partial charge on any atom is 0.158 e. The first-order valence-electron chi connectivity index (χ1n) is 4.25. The van der Waals surface area contributed by atoms with Crippen molar-refractivity contribution in [1.29, 1.82) is 0 Å². The van der Waals surface area contributed by atoms with Crippen LogP contribution in [0.1, 0.15) is 25.5 Å². The highest BCUT2D eigenvalue weighted by Crippen LogP contribution is 2.40. The Kier molecular flexibility index (Phi) is 2.37. The summed E-state index contributed by atoms with van der Waals surface area (Å²) >= 11 is 11.5. The van der Waals surface area contributed by atoms with Crippen molar-refractivity contribution in [3.05, 3.63) is 22.9 Å². The van der Waals surface area contributed by atoms with E-state index in [0.717, 1.165) is 11.4 Å². The minimum atomic E-state index is 0.347. The molecule has 0 saturated heterocycles. The minimum absolute atomic E-state index is 0.347. The standard InChI is InChI=1S/C9H9Cl2N3/c1-5(10)3-8(11)13-9-7-4-12-14(9)6(7)2/h3-4,6H,1-2H3/b5-3+,13-8?. The monoisotopic (exact) mass is 229 g/mol. The zero-order chi connectivity index (χ0) is 10.3. The predicted molar refractivity (Wildman–Crippen MR) is 58.6 cm³/mol. The van der Waals surface area contributed by atoms with Gasteiger partial charge in [-0.25, -0.2) is 9.67 Å². The lowest BCUT2D eigenvalue weighted by atomic mass is 10.1. The van der Waals surface area contributed by atoms with Crippen molar-refractivity contribution in [3.8, 4) is 0 Å². The molecule has 1 atom stereocenters. The number of hydrogen-bond acceptors (Lipinski definition) is 2. The van der Waals surface area contributed by atoms with Crippen LogP contribution in [0, 0.1) is 0 Å². The molecule has 74 valence electrons. The van der Waals surface area contributed by atoms with Crippen molar-refractivity contribution in [2.24, 2.45) is 4.99 Å². The third-order valence-corrected chi connectivity index (χ3v) is 2.45. The average Bonchev–Trinajstić information content (AvgIpc) is 2.63. The van der Waals surface area contributed by atoms with Gasteiger partial charge in [0.2, 0.25) is 0 Å². The van der Waals surface area contributed by atoms with Crippen LogP contribution in [0.2, 0.25) is 0 Å². The number of hydrogen-bond donors (Lipinski definition) is 0. The molecule has 2 bridgehead atoms. The number of rotatable bonds is 2. The lowest BCUT2D eigenvalue weighted by molar-refractivity contribution is 0.546. The summed E-state index contributed by atoms with van der Waals surface area (Å²) in [5.41, 5.74) is 1.13. The van der Waals surface area contributed by atoms with Gasteiger partial charge in [-0.2, -0.15) is 5.10 Å². The van der Waals surface area contributed by atoms with Crippen molar-refractivity contribution < 1.29 is 0 Å². The van der Waals surface area contributed by atoms with E-state index >= 15 is 0 Å². The van der Waals surface area contributed by atoms with E-state index < -0.39 is 0 Å². The average molecular weight is 230 g/mol. The van der Waals surface area contributed by atoms with Gasteiger partial charge in [0.25, 0.3) is 0 Å². The van der Waals surface area contributed by atoms with Gasteiger partial charge < -0.3 is 0 Å². The molecule has 3 heterocycles. The lowest BCUT2D eigenvalue weighted by Crippen LogP contribution is -2.13. The molecule has 3 nitrogen and oxygen atoms in total. The van der Waals surface area contributed by atoms with Crippen LogP contribution in [0.15, 0.2) is 22.3 Å². The Balaban J connectivity index is 2.25. The third kappa shape index (κ3) is 1.47. The van der Waals surface area contributed by atoms with Crippen LogP contribution in [0.25, 0.3) is 0 Å². The molecule has 0 aromatic carbocycles. The van der Waals surface area contributed by atoms with E-state index in [1.54, 1.807) is 13.0 Å². The van der Waals surface area contributed by atoms with Crippen molar-refractivity contribution in [1.82, 2.24) is 9.78 Å². The fraction of sp³-hybridized carbons (Fsp3) is 0.333. The summed E-state index contributed by atoms with van der Waals surface area (Å²) in [5, 5.41) is 5.11. The van der Waals surface area contributed by atoms with Gasteiger partial charge >= 0.3 is 0 Å². The van der Waals surface area contributed by atoms with Crippen LogP contribution < -0.4 is 0 Å². The van der Waals surface area contributed by atoms with Gasteiger partial charge in [0.05, 0.1) is 12.2 Å². The number of aliphatic imine (C=N–C) groups is 1. The highest BCUT2D eigenvalue weighted by molar-refractivity contribution is 6.69. The van der Waals surface area contributed by atoms with Crippen LogP contribution in [0.5, 0.6) is 0 Å². The van der Waals surface area contributed by atoms with Crippen molar-refractivity contribution in [3.63, 3.8) is 0 Å². The fourth-order valence-corrected chi connectivity index (χ4v) is 1.83. The molecular weight excluding hydrogens is 221 g/mol.